The second-order valence-electron chi connectivity index (χ2n) is 12.0. The van der Waals surface area contributed by atoms with Crippen molar-refractivity contribution in [1.29, 1.82) is 0 Å². The summed E-state index contributed by atoms with van der Waals surface area (Å²) in [5.74, 6) is 0.648. The summed E-state index contributed by atoms with van der Waals surface area (Å²) in [5, 5.41) is 0. The number of carbonyl (C=O) groups is 2. The van der Waals surface area contributed by atoms with Gasteiger partial charge in [0.2, 0.25) is 15.9 Å². The van der Waals surface area contributed by atoms with Gasteiger partial charge in [-0.3, -0.25) is 4.79 Å². The summed E-state index contributed by atoms with van der Waals surface area (Å²) < 4.78 is 44.6. The van der Waals surface area contributed by atoms with E-state index in [-0.39, 0.29) is 33.1 Å². The molecule has 2 fully saturated rings. The number of hydrogen-bond donors (Lipinski definition) is 0. The number of likely N-dealkylation sites (tertiary alicyclic amines) is 1. The van der Waals surface area contributed by atoms with Crippen LogP contribution in [0.15, 0.2) is 54.6 Å². The minimum Gasteiger partial charge on any atom is -0.497 e. The first kappa shape index (κ1) is 33.6. The van der Waals surface area contributed by atoms with Crippen LogP contribution in [0, 0.1) is 0 Å². The first-order valence-electron chi connectivity index (χ1n) is 14.2. The Morgan fingerprint density at radius 1 is 1.00 bits per heavy atom. The molecule has 0 spiro atoms. The molecule has 232 valence electrons. The number of methoxy groups -OCH3 is 1. The SMILES string of the molecule is C.COc1ccc(CN([C@H]2CC(=O)N(C(=O)OC(C)(C)C)[C@H]2COC2CCC(c3ccccc3)CC2)S(C)(=O)=O)cc1. The van der Waals surface area contributed by atoms with Crippen molar-refractivity contribution < 1.29 is 32.2 Å². The van der Waals surface area contributed by atoms with Crippen LogP contribution in [0.1, 0.15) is 77.3 Å². The summed E-state index contributed by atoms with van der Waals surface area (Å²) in [4.78, 5) is 27.6. The molecule has 1 heterocycles. The molecular formula is C32H46N2O7S. The summed E-state index contributed by atoms with van der Waals surface area (Å²) >= 11 is 0. The molecule has 0 unspecified atom stereocenters. The number of imide groups is 1. The van der Waals surface area contributed by atoms with Crippen molar-refractivity contribution in [3.05, 3.63) is 65.7 Å². The van der Waals surface area contributed by atoms with E-state index in [9.17, 15) is 18.0 Å². The third-order valence-corrected chi connectivity index (χ3v) is 9.01. The highest BCUT2D eigenvalue weighted by atomic mass is 32.2. The first-order chi connectivity index (χ1) is 19.4. The normalized spacial score (nSPS) is 23.0. The summed E-state index contributed by atoms with van der Waals surface area (Å²) in [6.45, 7) is 5.26. The molecule has 10 heteroatoms. The summed E-state index contributed by atoms with van der Waals surface area (Å²) in [6.07, 6.45) is 3.80. The lowest BCUT2D eigenvalue weighted by Crippen LogP contribution is -2.52. The standard InChI is InChI=1S/C31H42N2O7S.CH4/c1-31(2,3)40-30(35)33-28(21-39-26-17-13-24(14-18-26)23-9-7-6-8-10-23)27(19-29(33)34)32(41(5,36)37)20-22-11-15-25(38-4)16-12-22;/h6-12,15-16,24,26-28H,13-14,17-21H2,1-5H3;1H4/t24?,26?,27-,28-;/m0./s1. The number of hydrogen-bond acceptors (Lipinski definition) is 7. The van der Waals surface area contributed by atoms with Gasteiger partial charge in [-0.15, -0.1) is 0 Å². The second kappa shape index (κ2) is 14.0. The quantitative estimate of drug-likeness (QED) is 0.361. The van der Waals surface area contributed by atoms with E-state index in [2.05, 4.69) is 24.3 Å². The highest BCUT2D eigenvalue weighted by molar-refractivity contribution is 7.88. The molecule has 2 atom stereocenters. The Kier molecular flexibility index (Phi) is 11.2. The van der Waals surface area contributed by atoms with E-state index in [1.807, 2.05) is 6.07 Å². The monoisotopic (exact) mass is 602 g/mol. The molecule has 0 radical (unpaired) electrons. The Labute approximate surface area is 251 Å². The molecule has 1 aliphatic carbocycles. The highest BCUT2D eigenvalue weighted by Crippen LogP contribution is 2.35. The van der Waals surface area contributed by atoms with E-state index in [0.717, 1.165) is 42.4 Å². The maximum Gasteiger partial charge on any atom is 0.417 e. The van der Waals surface area contributed by atoms with Crippen LogP contribution >= 0.6 is 0 Å². The second-order valence-corrected chi connectivity index (χ2v) is 13.9. The average Bonchev–Trinajstić information content (AvgIpc) is 3.25. The maximum atomic E-state index is 13.3. The number of amides is 2. The van der Waals surface area contributed by atoms with Crippen molar-refractivity contribution in [2.45, 2.75) is 96.6 Å². The molecule has 1 saturated heterocycles. The van der Waals surface area contributed by atoms with Crippen molar-refractivity contribution in [1.82, 2.24) is 9.21 Å². The third kappa shape index (κ3) is 8.55. The van der Waals surface area contributed by atoms with E-state index in [4.69, 9.17) is 14.2 Å². The van der Waals surface area contributed by atoms with Crippen LogP contribution in [0.2, 0.25) is 0 Å². The van der Waals surface area contributed by atoms with E-state index >= 15 is 0 Å². The van der Waals surface area contributed by atoms with Crippen LogP contribution in [-0.2, 0) is 30.8 Å². The molecule has 0 aromatic heterocycles. The van der Waals surface area contributed by atoms with Gasteiger partial charge in [0.15, 0.2) is 0 Å². The van der Waals surface area contributed by atoms with Crippen LogP contribution < -0.4 is 4.74 Å². The van der Waals surface area contributed by atoms with Crippen molar-refractivity contribution in [3.8, 4) is 5.75 Å². The van der Waals surface area contributed by atoms with Gasteiger partial charge in [-0.1, -0.05) is 49.9 Å². The number of carbonyl (C=O) groups excluding carboxylic acids is 2. The Bertz CT molecular complexity index is 1280. The predicted molar refractivity (Wildman–Crippen MR) is 163 cm³/mol. The molecule has 2 aromatic carbocycles. The van der Waals surface area contributed by atoms with E-state index in [0.29, 0.717) is 11.7 Å². The molecule has 1 saturated carbocycles. The predicted octanol–water partition coefficient (Wildman–Crippen LogP) is 5.74. The smallest absolute Gasteiger partial charge is 0.417 e. The fourth-order valence-electron chi connectivity index (χ4n) is 5.71. The Hall–Kier alpha value is -2.95. The highest BCUT2D eigenvalue weighted by Gasteiger charge is 2.49. The lowest BCUT2D eigenvalue weighted by Gasteiger charge is -2.35. The van der Waals surface area contributed by atoms with Crippen LogP contribution in [0.3, 0.4) is 0 Å². The first-order valence-corrected chi connectivity index (χ1v) is 16.0. The minimum absolute atomic E-state index is 0. The minimum atomic E-state index is -3.77. The van der Waals surface area contributed by atoms with Gasteiger partial charge in [-0.05, 0) is 75.6 Å². The summed E-state index contributed by atoms with van der Waals surface area (Å²) in [5.41, 5.74) is 1.24. The largest absolute Gasteiger partial charge is 0.497 e. The van der Waals surface area contributed by atoms with Gasteiger partial charge in [0.05, 0.1) is 38.2 Å². The fourth-order valence-corrected chi connectivity index (χ4v) is 6.80. The zero-order chi connectivity index (χ0) is 29.8. The number of sulfonamides is 1. The van der Waals surface area contributed by atoms with Gasteiger partial charge in [-0.25, -0.2) is 18.1 Å². The van der Waals surface area contributed by atoms with Crippen LogP contribution in [0.5, 0.6) is 5.75 Å². The van der Waals surface area contributed by atoms with Crippen molar-refractivity contribution >= 4 is 22.0 Å². The number of nitrogens with zero attached hydrogens (tertiary/aromatic N) is 2. The molecular weight excluding hydrogens is 556 g/mol. The zero-order valence-corrected chi connectivity index (χ0v) is 25.4. The Balaban J connectivity index is 0.00000484. The maximum absolute atomic E-state index is 13.3. The lowest BCUT2D eigenvalue weighted by molar-refractivity contribution is -0.129. The summed E-state index contributed by atoms with van der Waals surface area (Å²) in [7, 11) is -2.21. The van der Waals surface area contributed by atoms with Crippen molar-refractivity contribution in [2.75, 3.05) is 20.0 Å². The van der Waals surface area contributed by atoms with Gasteiger partial charge in [0.1, 0.15) is 11.4 Å². The van der Waals surface area contributed by atoms with E-state index in [1.165, 1.54) is 9.87 Å². The van der Waals surface area contributed by atoms with Crippen molar-refractivity contribution in [2.24, 2.45) is 0 Å². The van der Waals surface area contributed by atoms with Gasteiger partial charge in [0.25, 0.3) is 0 Å². The molecule has 0 N–H and O–H groups in total. The molecule has 9 nitrogen and oxygen atoms in total. The summed E-state index contributed by atoms with van der Waals surface area (Å²) in [6, 6.07) is 15.9. The van der Waals surface area contributed by atoms with Crippen molar-refractivity contribution in [3.63, 3.8) is 0 Å². The van der Waals surface area contributed by atoms with E-state index < -0.39 is 39.7 Å². The van der Waals surface area contributed by atoms with Gasteiger partial charge >= 0.3 is 6.09 Å². The average molecular weight is 603 g/mol. The molecule has 2 aliphatic rings. The van der Waals surface area contributed by atoms with Crippen LogP contribution in [0.4, 0.5) is 4.79 Å². The topological polar surface area (TPSA) is 102 Å². The van der Waals surface area contributed by atoms with Gasteiger partial charge in [-0.2, -0.15) is 4.31 Å². The van der Waals surface area contributed by atoms with E-state index in [1.54, 1.807) is 52.1 Å². The zero-order valence-electron chi connectivity index (χ0n) is 24.6. The molecule has 0 bridgehead atoms. The number of ether oxygens (including phenoxy) is 3. The van der Waals surface area contributed by atoms with Gasteiger partial charge < -0.3 is 14.2 Å². The molecule has 42 heavy (non-hydrogen) atoms. The van der Waals surface area contributed by atoms with Gasteiger partial charge in [0, 0.05) is 13.0 Å². The van der Waals surface area contributed by atoms with Crippen LogP contribution in [-0.4, -0.2) is 73.4 Å². The molecule has 1 aliphatic heterocycles. The lowest BCUT2D eigenvalue weighted by atomic mass is 9.83. The number of rotatable bonds is 9. The molecule has 2 amide bonds. The third-order valence-electron chi connectivity index (χ3n) is 7.76. The van der Waals surface area contributed by atoms with Crippen LogP contribution in [0.25, 0.3) is 0 Å². The fraction of sp³-hybridized carbons (Fsp3) is 0.562. The molecule has 4 rings (SSSR count). The Morgan fingerprint density at radius 3 is 2.17 bits per heavy atom. The number of benzene rings is 2. The Morgan fingerprint density at radius 2 is 1.62 bits per heavy atom. The molecule has 2 aromatic rings.